The van der Waals surface area contributed by atoms with Gasteiger partial charge in [-0.3, -0.25) is 4.79 Å². The normalized spacial score (nSPS) is 10.1. The minimum atomic E-state index is -0.363. The summed E-state index contributed by atoms with van der Waals surface area (Å²) in [5, 5.41) is 2.71. The standard InChI is InChI=1S/C12H11ClN2O3/c1-17-10-3-2-7(6-9(10)14)15-12(16)8-4-5-18-11(8)13/h2-6H,14H2,1H3,(H,15,16). The van der Waals surface area contributed by atoms with Crippen molar-refractivity contribution in [3.63, 3.8) is 0 Å². The van der Waals surface area contributed by atoms with E-state index >= 15 is 0 Å². The summed E-state index contributed by atoms with van der Waals surface area (Å²) in [4.78, 5) is 11.8. The van der Waals surface area contributed by atoms with Crippen molar-refractivity contribution < 1.29 is 13.9 Å². The lowest BCUT2D eigenvalue weighted by Gasteiger charge is -2.08. The largest absolute Gasteiger partial charge is 0.495 e. The van der Waals surface area contributed by atoms with E-state index in [9.17, 15) is 4.79 Å². The van der Waals surface area contributed by atoms with E-state index in [0.29, 0.717) is 17.1 Å². The van der Waals surface area contributed by atoms with Crippen LogP contribution in [0.1, 0.15) is 10.4 Å². The number of benzene rings is 1. The van der Waals surface area contributed by atoms with Crippen LogP contribution in [0.15, 0.2) is 34.9 Å². The molecule has 1 heterocycles. The van der Waals surface area contributed by atoms with Gasteiger partial charge in [0.2, 0.25) is 5.22 Å². The Bertz CT molecular complexity index is 580. The van der Waals surface area contributed by atoms with Gasteiger partial charge in [-0.1, -0.05) is 0 Å². The zero-order valence-corrected chi connectivity index (χ0v) is 10.3. The maximum absolute atomic E-state index is 11.8. The molecule has 3 N–H and O–H groups in total. The fourth-order valence-electron chi connectivity index (χ4n) is 1.47. The molecule has 1 aromatic carbocycles. The lowest BCUT2D eigenvalue weighted by atomic mass is 10.2. The van der Waals surface area contributed by atoms with Gasteiger partial charge >= 0.3 is 0 Å². The number of carbonyl (C=O) groups excluding carboxylic acids is 1. The summed E-state index contributed by atoms with van der Waals surface area (Å²) >= 11 is 5.71. The molecule has 18 heavy (non-hydrogen) atoms. The Morgan fingerprint density at radius 3 is 2.78 bits per heavy atom. The van der Waals surface area contributed by atoms with E-state index in [1.165, 1.54) is 19.4 Å². The van der Waals surface area contributed by atoms with Crippen LogP contribution < -0.4 is 15.8 Å². The van der Waals surface area contributed by atoms with Gasteiger partial charge in [-0.15, -0.1) is 0 Å². The third-order valence-electron chi connectivity index (χ3n) is 2.35. The third kappa shape index (κ3) is 2.41. The monoisotopic (exact) mass is 266 g/mol. The van der Waals surface area contributed by atoms with Gasteiger partial charge in [0.25, 0.3) is 5.91 Å². The van der Waals surface area contributed by atoms with E-state index in [4.69, 9.17) is 26.5 Å². The first-order valence-corrected chi connectivity index (χ1v) is 5.47. The Morgan fingerprint density at radius 2 is 2.22 bits per heavy atom. The molecular formula is C12H11ClN2O3. The van der Waals surface area contributed by atoms with Crippen LogP contribution in [0.3, 0.4) is 0 Å². The molecule has 0 saturated heterocycles. The molecule has 0 spiro atoms. The van der Waals surface area contributed by atoms with Crippen molar-refractivity contribution in [2.45, 2.75) is 0 Å². The van der Waals surface area contributed by atoms with Crippen molar-refractivity contribution in [3.8, 4) is 5.75 Å². The second-order valence-electron chi connectivity index (χ2n) is 3.52. The van der Waals surface area contributed by atoms with E-state index in [2.05, 4.69) is 5.32 Å². The number of rotatable bonds is 3. The Morgan fingerprint density at radius 1 is 1.44 bits per heavy atom. The van der Waals surface area contributed by atoms with E-state index < -0.39 is 0 Å². The molecule has 0 radical (unpaired) electrons. The van der Waals surface area contributed by atoms with Crippen LogP contribution in [-0.4, -0.2) is 13.0 Å². The highest BCUT2D eigenvalue weighted by Gasteiger charge is 2.13. The Kier molecular flexibility index (Phi) is 3.43. The first kappa shape index (κ1) is 12.3. The van der Waals surface area contributed by atoms with Crippen LogP contribution >= 0.6 is 11.6 Å². The predicted molar refractivity (Wildman–Crippen MR) is 69.1 cm³/mol. The van der Waals surface area contributed by atoms with Crippen molar-refractivity contribution in [2.75, 3.05) is 18.2 Å². The molecule has 0 aliphatic rings. The van der Waals surface area contributed by atoms with Crippen LogP contribution in [0, 0.1) is 0 Å². The summed E-state index contributed by atoms with van der Waals surface area (Å²) in [6.07, 6.45) is 1.35. The van der Waals surface area contributed by atoms with Crippen molar-refractivity contribution in [3.05, 3.63) is 41.3 Å². The number of amides is 1. The first-order chi connectivity index (χ1) is 8.61. The second kappa shape index (κ2) is 5.01. The average Bonchev–Trinajstić information content (AvgIpc) is 2.76. The molecule has 0 fully saturated rings. The van der Waals surface area contributed by atoms with Crippen LogP contribution in [-0.2, 0) is 0 Å². The zero-order valence-electron chi connectivity index (χ0n) is 9.57. The van der Waals surface area contributed by atoms with Gasteiger partial charge in [-0.05, 0) is 35.9 Å². The molecule has 0 aliphatic carbocycles. The van der Waals surface area contributed by atoms with Crippen molar-refractivity contribution in [1.82, 2.24) is 0 Å². The number of anilines is 2. The topological polar surface area (TPSA) is 77.5 Å². The molecule has 2 rings (SSSR count). The molecule has 6 heteroatoms. The lowest BCUT2D eigenvalue weighted by molar-refractivity contribution is 0.102. The van der Waals surface area contributed by atoms with Gasteiger partial charge in [0.15, 0.2) is 0 Å². The third-order valence-corrected chi connectivity index (χ3v) is 2.64. The number of nitrogens with one attached hydrogen (secondary N) is 1. The molecule has 2 aromatic rings. The summed E-state index contributed by atoms with van der Waals surface area (Å²) in [7, 11) is 1.52. The van der Waals surface area contributed by atoms with E-state index in [1.807, 2.05) is 0 Å². The molecule has 1 aromatic heterocycles. The molecule has 0 saturated carbocycles. The van der Waals surface area contributed by atoms with Gasteiger partial charge < -0.3 is 20.2 Å². The molecule has 5 nitrogen and oxygen atoms in total. The van der Waals surface area contributed by atoms with Crippen LogP contribution in [0.25, 0.3) is 0 Å². The van der Waals surface area contributed by atoms with Crippen LogP contribution in [0.2, 0.25) is 5.22 Å². The summed E-state index contributed by atoms with van der Waals surface area (Å²) in [6, 6.07) is 6.44. The molecule has 94 valence electrons. The summed E-state index contributed by atoms with van der Waals surface area (Å²) in [5.74, 6) is 0.188. The Balaban J connectivity index is 2.17. The smallest absolute Gasteiger partial charge is 0.260 e. The minimum Gasteiger partial charge on any atom is -0.495 e. The van der Waals surface area contributed by atoms with Gasteiger partial charge in [0, 0.05) is 5.69 Å². The zero-order chi connectivity index (χ0) is 13.1. The average molecular weight is 267 g/mol. The number of furan rings is 1. The Hall–Kier alpha value is -2.14. The van der Waals surface area contributed by atoms with Crippen molar-refractivity contribution in [2.24, 2.45) is 0 Å². The molecule has 0 atom stereocenters. The van der Waals surface area contributed by atoms with Crippen LogP contribution in [0.5, 0.6) is 5.75 Å². The molecular weight excluding hydrogens is 256 g/mol. The van der Waals surface area contributed by atoms with Gasteiger partial charge in [0.05, 0.1) is 24.6 Å². The Labute approximate surface area is 108 Å². The van der Waals surface area contributed by atoms with E-state index in [1.54, 1.807) is 18.2 Å². The van der Waals surface area contributed by atoms with E-state index in [0.717, 1.165) is 0 Å². The molecule has 0 bridgehead atoms. The lowest BCUT2D eigenvalue weighted by Crippen LogP contribution is -2.11. The summed E-state index contributed by atoms with van der Waals surface area (Å²) < 4.78 is 9.87. The predicted octanol–water partition coefficient (Wildman–Crippen LogP) is 2.78. The first-order valence-electron chi connectivity index (χ1n) is 5.09. The number of methoxy groups -OCH3 is 1. The number of carbonyl (C=O) groups is 1. The fourth-order valence-corrected chi connectivity index (χ4v) is 1.67. The number of nitrogens with two attached hydrogens (primary N) is 1. The number of ether oxygens (including phenoxy) is 1. The number of hydrogen-bond donors (Lipinski definition) is 2. The SMILES string of the molecule is COc1ccc(NC(=O)c2ccoc2Cl)cc1N. The molecule has 0 aliphatic heterocycles. The highest BCUT2D eigenvalue weighted by molar-refractivity contribution is 6.32. The van der Waals surface area contributed by atoms with Crippen molar-refractivity contribution >= 4 is 28.9 Å². The van der Waals surface area contributed by atoms with Crippen LogP contribution in [0.4, 0.5) is 11.4 Å². The quantitative estimate of drug-likeness (QED) is 0.838. The van der Waals surface area contributed by atoms with Gasteiger partial charge in [-0.25, -0.2) is 0 Å². The van der Waals surface area contributed by atoms with Crippen molar-refractivity contribution in [1.29, 1.82) is 0 Å². The van der Waals surface area contributed by atoms with Gasteiger partial charge in [-0.2, -0.15) is 0 Å². The highest BCUT2D eigenvalue weighted by Crippen LogP contribution is 2.25. The minimum absolute atomic E-state index is 0.0500. The number of nitrogen functional groups attached to an aromatic ring is 1. The maximum atomic E-state index is 11.8. The maximum Gasteiger partial charge on any atom is 0.260 e. The summed E-state index contributed by atoms with van der Waals surface area (Å²) in [5.41, 5.74) is 6.99. The van der Waals surface area contributed by atoms with E-state index in [-0.39, 0.29) is 16.7 Å². The second-order valence-corrected chi connectivity index (χ2v) is 3.86. The fraction of sp³-hybridized carbons (Fsp3) is 0.0833. The number of hydrogen-bond acceptors (Lipinski definition) is 4. The number of halogens is 1. The molecule has 0 unspecified atom stereocenters. The summed E-state index contributed by atoms with van der Waals surface area (Å²) in [6.45, 7) is 0. The molecule has 1 amide bonds. The highest BCUT2D eigenvalue weighted by atomic mass is 35.5. The van der Waals surface area contributed by atoms with Gasteiger partial charge in [0.1, 0.15) is 5.75 Å².